The van der Waals surface area contributed by atoms with Crippen molar-refractivity contribution in [3.05, 3.63) is 35.9 Å². The van der Waals surface area contributed by atoms with Crippen molar-refractivity contribution in [1.29, 1.82) is 0 Å². The van der Waals surface area contributed by atoms with Crippen LogP contribution in [0.15, 0.2) is 30.3 Å². The second-order valence-corrected chi connectivity index (χ2v) is 5.74. The van der Waals surface area contributed by atoms with Gasteiger partial charge in [0.1, 0.15) is 6.61 Å². The Morgan fingerprint density at radius 3 is 2.96 bits per heavy atom. The number of carbonyl (C=O) groups excluding carboxylic acids is 1. The first kappa shape index (κ1) is 17.7. The Hall–Kier alpha value is -1.63. The maximum absolute atomic E-state index is 12.2. The number of hydrogen-bond donors (Lipinski definition) is 1. The average molecular weight is 322 g/mol. The van der Waals surface area contributed by atoms with Crippen molar-refractivity contribution in [3.8, 4) is 0 Å². The molecule has 23 heavy (non-hydrogen) atoms. The minimum atomic E-state index is -0.285. The van der Waals surface area contributed by atoms with E-state index in [1.807, 2.05) is 30.3 Å². The molecule has 0 aliphatic carbocycles. The fraction of sp³-hybridized carbons (Fsp3) is 0.588. The monoisotopic (exact) mass is 322 g/mol. The van der Waals surface area contributed by atoms with E-state index in [1.54, 1.807) is 12.0 Å². The topological polar surface area (TPSA) is 60.0 Å². The molecule has 1 amide bonds. The molecule has 6 nitrogen and oxygen atoms in total. The van der Waals surface area contributed by atoms with Crippen molar-refractivity contribution >= 4 is 6.09 Å². The Labute approximate surface area is 137 Å². The second kappa shape index (κ2) is 9.50. The van der Waals surface area contributed by atoms with Crippen LogP contribution in [-0.4, -0.2) is 63.1 Å². The van der Waals surface area contributed by atoms with Gasteiger partial charge in [0.05, 0.1) is 25.9 Å². The number of carbonyl (C=O) groups is 1. The van der Waals surface area contributed by atoms with Crippen molar-refractivity contribution < 1.29 is 19.0 Å². The summed E-state index contributed by atoms with van der Waals surface area (Å²) in [6, 6.07) is 9.94. The molecule has 1 fully saturated rings. The van der Waals surface area contributed by atoms with Crippen LogP contribution in [0.5, 0.6) is 0 Å². The van der Waals surface area contributed by atoms with E-state index < -0.39 is 0 Å². The predicted molar refractivity (Wildman–Crippen MR) is 87.3 cm³/mol. The zero-order chi connectivity index (χ0) is 16.5. The number of nitrogens with zero attached hydrogens (tertiary/aromatic N) is 1. The van der Waals surface area contributed by atoms with E-state index in [0.29, 0.717) is 39.5 Å². The van der Waals surface area contributed by atoms with Gasteiger partial charge in [-0.1, -0.05) is 30.3 Å². The quantitative estimate of drug-likeness (QED) is 0.827. The van der Waals surface area contributed by atoms with E-state index in [2.05, 4.69) is 12.2 Å². The number of rotatable bonds is 7. The molecule has 0 spiro atoms. The van der Waals surface area contributed by atoms with E-state index in [-0.39, 0.29) is 18.2 Å². The van der Waals surface area contributed by atoms with Gasteiger partial charge in [-0.15, -0.1) is 0 Å². The summed E-state index contributed by atoms with van der Waals surface area (Å²) in [5, 5.41) is 3.34. The van der Waals surface area contributed by atoms with E-state index in [9.17, 15) is 4.79 Å². The fourth-order valence-electron chi connectivity index (χ4n) is 2.46. The molecule has 1 aliphatic heterocycles. The summed E-state index contributed by atoms with van der Waals surface area (Å²) in [6.07, 6.45) is -0.306. The highest BCUT2D eigenvalue weighted by atomic mass is 16.6. The summed E-state index contributed by atoms with van der Waals surface area (Å²) in [6.45, 7) is 5.33. The third kappa shape index (κ3) is 6.17. The van der Waals surface area contributed by atoms with Crippen LogP contribution in [-0.2, 0) is 20.8 Å². The molecule has 1 aromatic carbocycles. The standard InChI is InChI=1S/C17H26N2O4/c1-14(12-21-2)18-10-16-11-19(8-9-22-16)17(20)23-13-15-6-4-3-5-7-15/h3-7,14,16,18H,8-13H2,1-2H3. The minimum Gasteiger partial charge on any atom is -0.445 e. The fourth-order valence-corrected chi connectivity index (χ4v) is 2.46. The summed E-state index contributed by atoms with van der Waals surface area (Å²) in [4.78, 5) is 13.9. The molecule has 2 atom stereocenters. The molecule has 0 saturated carbocycles. The van der Waals surface area contributed by atoms with Crippen molar-refractivity contribution in [2.75, 3.05) is 40.0 Å². The zero-order valence-electron chi connectivity index (χ0n) is 13.9. The number of hydrogen-bond acceptors (Lipinski definition) is 5. The number of methoxy groups -OCH3 is 1. The van der Waals surface area contributed by atoms with Crippen LogP contribution in [0, 0.1) is 0 Å². The third-order valence-corrected chi connectivity index (χ3v) is 3.71. The molecule has 1 N–H and O–H groups in total. The highest BCUT2D eigenvalue weighted by molar-refractivity contribution is 5.67. The Balaban J connectivity index is 1.73. The van der Waals surface area contributed by atoms with Gasteiger partial charge < -0.3 is 24.4 Å². The summed E-state index contributed by atoms with van der Waals surface area (Å²) >= 11 is 0. The van der Waals surface area contributed by atoms with Crippen LogP contribution in [0.2, 0.25) is 0 Å². The SMILES string of the molecule is COCC(C)NCC1CN(C(=O)OCc2ccccc2)CCO1. The third-order valence-electron chi connectivity index (χ3n) is 3.71. The molecule has 1 saturated heterocycles. The number of morpholine rings is 1. The zero-order valence-corrected chi connectivity index (χ0v) is 13.9. The summed E-state index contributed by atoms with van der Waals surface area (Å²) < 4.78 is 16.2. The van der Waals surface area contributed by atoms with Crippen LogP contribution in [0.3, 0.4) is 0 Å². The number of nitrogens with one attached hydrogen (secondary N) is 1. The Bertz CT molecular complexity index is 469. The molecule has 6 heteroatoms. The molecule has 0 bridgehead atoms. The van der Waals surface area contributed by atoms with Crippen LogP contribution in [0.4, 0.5) is 4.79 Å². The van der Waals surface area contributed by atoms with Crippen molar-refractivity contribution in [1.82, 2.24) is 10.2 Å². The normalized spacial score (nSPS) is 19.4. The van der Waals surface area contributed by atoms with Crippen molar-refractivity contribution in [2.24, 2.45) is 0 Å². The summed E-state index contributed by atoms with van der Waals surface area (Å²) in [7, 11) is 1.68. The van der Waals surface area contributed by atoms with Gasteiger partial charge >= 0.3 is 6.09 Å². The Morgan fingerprint density at radius 2 is 2.22 bits per heavy atom. The molecular weight excluding hydrogens is 296 g/mol. The Morgan fingerprint density at radius 1 is 1.43 bits per heavy atom. The van der Waals surface area contributed by atoms with Gasteiger partial charge in [-0.2, -0.15) is 0 Å². The number of ether oxygens (including phenoxy) is 3. The maximum atomic E-state index is 12.2. The van der Waals surface area contributed by atoms with Crippen molar-refractivity contribution in [2.45, 2.75) is 25.7 Å². The first-order chi connectivity index (χ1) is 11.2. The lowest BCUT2D eigenvalue weighted by molar-refractivity contribution is -0.0285. The van der Waals surface area contributed by atoms with Gasteiger partial charge in [0.15, 0.2) is 0 Å². The van der Waals surface area contributed by atoms with Gasteiger partial charge in [0, 0.05) is 26.2 Å². The lowest BCUT2D eigenvalue weighted by Gasteiger charge is -2.33. The van der Waals surface area contributed by atoms with Gasteiger partial charge in [-0.05, 0) is 12.5 Å². The molecule has 1 aromatic rings. The first-order valence-electron chi connectivity index (χ1n) is 7.98. The molecule has 128 valence electrons. The first-order valence-corrected chi connectivity index (χ1v) is 7.98. The summed E-state index contributed by atoms with van der Waals surface area (Å²) in [5.74, 6) is 0. The molecule has 0 aromatic heterocycles. The molecule has 1 heterocycles. The van der Waals surface area contributed by atoms with Crippen LogP contribution < -0.4 is 5.32 Å². The molecule has 2 unspecified atom stereocenters. The highest BCUT2D eigenvalue weighted by Crippen LogP contribution is 2.09. The molecule has 1 aliphatic rings. The van der Waals surface area contributed by atoms with Crippen LogP contribution >= 0.6 is 0 Å². The van der Waals surface area contributed by atoms with Crippen molar-refractivity contribution in [3.63, 3.8) is 0 Å². The Kier molecular flexibility index (Phi) is 7.32. The van der Waals surface area contributed by atoms with E-state index in [0.717, 1.165) is 5.56 Å². The van der Waals surface area contributed by atoms with Gasteiger partial charge in [0.25, 0.3) is 0 Å². The van der Waals surface area contributed by atoms with E-state index in [4.69, 9.17) is 14.2 Å². The maximum Gasteiger partial charge on any atom is 0.410 e. The number of amides is 1. The lowest BCUT2D eigenvalue weighted by Crippen LogP contribution is -2.50. The van der Waals surface area contributed by atoms with Gasteiger partial charge in [-0.3, -0.25) is 0 Å². The smallest absolute Gasteiger partial charge is 0.410 e. The molecular formula is C17H26N2O4. The average Bonchev–Trinajstić information content (AvgIpc) is 2.59. The second-order valence-electron chi connectivity index (χ2n) is 5.74. The van der Waals surface area contributed by atoms with Gasteiger partial charge in [-0.25, -0.2) is 4.79 Å². The minimum absolute atomic E-state index is 0.0210. The largest absolute Gasteiger partial charge is 0.445 e. The molecule has 2 rings (SSSR count). The summed E-state index contributed by atoms with van der Waals surface area (Å²) in [5.41, 5.74) is 0.987. The predicted octanol–water partition coefficient (Wildman–Crippen LogP) is 1.65. The van der Waals surface area contributed by atoms with Crippen LogP contribution in [0.25, 0.3) is 0 Å². The highest BCUT2D eigenvalue weighted by Gasteiger charge is 2.25. The van der Waals surface area contributed by atoms with E-state index in [1.165, 1.54) is 0 Å². The molecule has 0 radical (unpaired) electrons. The lowest BCUT2D eigenvalue weighted by atomic mass is 10.2. The van der Waals surface area contributed by atoms with E-state index >= 15 is 0 Å². The number of benzene rings is 1. The van der Waals surface area contributed by atoms with Crippen LogP contribution in [0.1, 0.15) is 12.5 Å². The van der Waals surface area contributed by atoms with Gasteiger partial charge in [0.2, 0.25) is 0 Å².